The number of carbonyl (C=O) groups is 1. The lowest BCUT2D eigenvalue weighted by molar-refractivity contribution is -0.137. The van der Waals surface area contributed by atoms with Gasteiger partial charge in [-0.1, -0.05) is 65.0 Å². The van der Waals surface area contributed by atoms with Gasteiger partial charge in [-0.25, -0.2) is 9.98 Å². The van der Waals surface area contributed by atoms with Crippen LogP contribution in [0.3, 0.4) is 0 Å². The fraction of sp³-hybridized carbons (Fsp3) is 0.269. The monoisotopic (exact) mass is 569 g/mol. The standard InChI is InChI=1S/C26H22F3N7O3S/c1-14-13-36(11-12-38-14)23-19(32-24(40-23)26(27,28)29)22-34-35-25(39-22)33-20-21(37)30-17-10-6-5-9-16(17)18(31-20)15-7-3-2-4-8-15/h2-10,14,20H,11-13H2,1H3,(H,30,37)(H,33,35)/t14-,20-/m0/s1. The van der Waals surface area contributed by atoms with Crippen LogP contribution in [0.25, 0.3) is 11.6 Å². The molecule has 6 rings (SSSR count). The Kier molecular flexibility index (Phi) is 6.72. The summed E-state index contributed by atoms with van der Waals surface area (Å²) >= 11 is 0.509. The van der Waals surface area contributed by atoms with E-state index in [9.17, 15) is 18.0 Å². The molecule has 2 aliphatic rings. The van der Waals surface area contributed by atoms with Gasteiger partial charge >= 0.3 is 12.2 Å². The highest BCUT2D eigenvalue weighted by molar-refractivity contribution is 7.16. The number of rotatable bonds is 5. The van der Waals surface area contributed by atoms with E-state index in [1.165, 1.54) is 0 Å². The Bertz CT molecular complexity index is 1570. The van der Waals surface area contributed by atoms with Crippen molar-refractivity contribution in [2.45, 2.75) is 25.4 Å². The Morgan fingerprint density at radius 2 is 1.88 bits per heavy atom. The molecule has 10 nitrogen and oxygen atoms in total. The molecule has 2 aliphatic heterocycles. The van der Waals surface area contributed by atoms with Crippen molar-refractivity contribution in [3.63, 3.8) is 0 Å². The van der Waals surface area contributed by atoms with E-state index in [0.717, 1.165) is 11.1 Å². The molecule has 4 heterocycles. The predicted molar refractivity (Wildman–Crippen MR) is 143 cm³/mol. The molecule has 40 heavy (non-hydrogen) atoms. The Morgan fingerprint density at radius 1 is 1.10 bits per heavy atom. The van der Waals surface area contributed by atoms with Gasteiger partial charge < -0.3 is 24.7 Å². The molecule has 0 radical (unpaired) electrons. The van der Waals surface area contributed by atoms with Crippen LogP contribution in [-0.4, -0.2) is 58.8 Å². The molecule has 1 amide bonds. The van der Waals surface area contributed by atoms with Gasteiger partial charge in [-0.15, -0.1) is 5.10 Å². The number of aliphatic imine (C=N–C) groups is 1. The van der Waals surface area contributed by atoms with Gasteiger partial charge in [0.25, 0.3) is 11.8 Å². The van der Waals surface area contributed by atoms with E-state index in [2.05, 4.69) is 30.8 Å². The number of thiazole rings is 1. The van der Waals surface area contributed by atoms with Crippen LogP contribution in [0.2, 0.25) is 0 Å². The molecule has 4 aromatic rings. The summed E-state index contributed by atoms with van der Waals surface area (Å²) in [4.78, 5) is 23.3. The number of anilines is 3. The smallest absolute Gasteiger partial charge is 0.402 e. The Labute approximate surface area is 229 Å². The number of carbonyl (C=O) groups excluding carboxylic acids is 1. The van der Waals surface area contributed by atoms with E-state index < -0.39 is 23.3 Å². The van der Waals surface area contributed by atoms with Crippen LogP contribution < -0.4 is 15.5 Å². The number of benzene rings is 2. The normalized spacial score (nSPS) is 19.4. The third-order valence-electron chi connectivity index (χ3n) is 6.26. The van der Waals surface area contributed by atoms with Crippen molar-refractivity contribution in [1.29, 1.82) is 0 Å². The van der Waals surface area contributed by atoms with Crippen molar-refractivity contribution in [3.05, 3.63) is 70.7 Å². The third kappa shape index (κ3) is 5.14. The average Bonchev–Trinajstić information content (AvgIpc) is 3.56. The zero-order valence-corrected chi connectivity index (χ0v) is 21.8. The second-order valence-corrected chi connectivity index (χ2v) is 10.1. The molecule has 1 saturated heterocycles. The van der Waals surface area contributed by atoms with E-state index in [4.69, 9.17) is 9.15 Å². The van der Waals surface area contributed by atoms with Crippen molar-refractivity contribution < 1.29 is 27.1 Å². The number of hydrogen-bond donors (Lipinski definition) is 2. The van der Waals surface area contributed by atoms with E-state index in [-0.39, 0.29) is 28.7 Å². The number of ether oxygens (including phenoxy) is 1. The number of fused-ring (bicyclic) bond motifs is 1. The van der Waals surface area contributed by atoms with Gasteiger partial charge in [0.1, 0.15) is 5.00 Å². The summed E-state index contributed by atoms with van der Waals surface area (Å²) in [6.07, 6.45) is -5.99. The summed E-state index contributed by atoms with van der Waals surface area (Å²) in [5, 5.41) is 12.8. The van der Waals surface area contributed by atoms with Crippen LogP contribution >= 0.6 is 11.3 Å². The Balaban J connectivity index is 1.33. The zero-order chi connectivity index (χ0) is 27.9. The van der Waals surface area contributed by atoms with Crippen molar-refractivity contribution in [1.82, 2.24) is 15.2 Å². The highest BCUT2D eigenvalue weighted by Crippen LogP contribution is 2.43. The maximum atomic E-state index is 13.6. The van der Waals surface area contributed by atoms with Crippen LogP contribution in [0.15, 0.2) is 64.0 Å². The van der Waals surface area contributed by atoms with Crippen molar-refractivity contribution in [2.75, 3.05) is 35.2 Å². The van der Waals surface area contributed by atoms with Crippen molar-refractivity contribution in [3.8, 4) is 11.6 Å². The second-order valence-electron chi connectivity index (χ2n) is 9.14. The first kappa shape index (κ1) is 26.0. The lowest BCUT2D eigenvalue weighted by atomic mass is 10.0. The van der Waals surface area contributed by atoms with E-state index >= 15 is 0 Å². The molecule has 0 saturated carbocycles. The molecule has 0 unspecified atom stereocenters. The van der Waals surface area contributed by atoms with Gasteiger partial charge in [0.15, 0.2) is 5.69 Å². The molecule has 14 heteroatoms. The minimum atomic E-state index is -4.65. The largest absolute Gasteiger partial charge is 0.443 e. The summed E-state index contributed by atoms with van der Waals surface area (Å²) < 4.78 is 52.0. The number of amides is 1. The molecular weight excluding hydrogens is 547 g/mol. The first-order valence-corrected chi connectivity index (χ1v) is 13.2. The molecule has 2 N–H and O–H groups in total. The molecule has 206 valence electrons. The maximum Gasteiger partial charge on any atom is 0.443 e. The Hall–Kier alpha value is -4.30. The lowest BCUT2D eigenvalue weighted by Gasteiger charge is -2.31. The highest BCUT2D eigenvalue weighted by atomic mass is 32.1. The Morgan fingerprint density at radius 3 is 2.65 bits per heavy atom. The highest BCUT2D eigenvalue weighted by Gasteiger charge is 2.39. The van der Waals surface area contributed by atoms with Gasteiger partial charge in [-0.3, -0.25) is 4.79 Å². The molecule has 1 fully saturated rings. The number of hydrogen-bond acceptors (Lipinski definition) is 10. The maximum absolute atomic E-state index is 13.6. The molecular formula is C26H22F3N7O3S. The number of nitrogens with zero attached hydrogens (tertiary/aromatic N) is 5. The minimum Gasteiger partial charge on any atom is -0.402 e. The molecule has 2 atom stereocenters. The summed E-state index contributed by atoms with van der Waals surface area (Å²) in [6.45, 7) is 2.96. The second kappa shape index (κ2) is 10.4. The number of morpholine rings is 1. The summed E-state index contributed by atoms with van der Waals surface area (Å²) in [5.74, 6) is -0.692. The first-order valence-electron chi connectivity index (χ1n) is 12.3. The fourth-order valence-corrected chi connectivity index (χ4v) is 5.43. The van der Waals surface area contributed by atoms with Gasteiger partial charge in [-0.05, 0) is 13.0 Å². The molecule has 0 spiro atoms. The molecule has 0 bridgehead atoms. The minimum absolute atomic E-state index is 0.0850. The van der Waals surface area contributed by atoms with Crippen molar-refractivity contribution >= 4 is 39.7 Å². The van der Waals surface area contributed by atoms with Crippen molar-refractivity contribution in [2.24, 2.45) is 4.99 Å². The fourth-order valence-electron chi connectivity index (χ4n) is 4.46. The number of halogens is 3. The number of aromatic nitrogens is 3. The predicted octanol–water partition coefficient (Wildman–Crippen LogP) is 4.66. The van der Waals surface area contributed by atoms with E-state index in [1.54, 1.807) is 17.0 Å². The lowest BCUT2D eigenvalue weighted by Crippen LogP contribution is -2.40. The molecule has 2 aromatic carbocycles. The van der Waals surface area contributed by atoms with Crippen LogP contribution in [0.5, 0.6) is 0 Å². The SMILES string of the molecule is C[C@H]1CN(c2sc(C(F)(F)F)nc2-c2nnc(N[C@@H]3N=C(c4ccccc4)c4ccccc4NC3=O)o2)CCO1. The summed E-state index contributed by atoms with van der Waals surface area (Å²) in [5.41, 5.74) is 2.57. The summed E-state index contributed by atoms with van der Waals surface area (Å²) in [6, 6.07) is 16.4. The number of alkyl halides is 3. The van der Waals surface area contributed by atoms with E-state index in [1.807, 2.05) is 49.4 Å². The quantitative estimate of drug-likeness (QED) is 0.356. The average molecular weight is 570 g/mol. The van der Waals surface area contributed by atoms with Gasteiger partial charge in [-0.2, -0.15) is 13.2 Å². The van der Waals surface area contributed by atoms with Gasteiger partial charge in [0, 0.05) is 24.2 Å². The summed E-state index contributed by atoms with van der Waals surface area (Å²) in [7, 11) is 0. The molecule has 0 aliphatic carbocycles. The number of para-hydroxylation sites is 1. The van der Waals surface area contributed by atoms with Gasteiger partial charge in [0.05, 0.1) is 24.1 Å². The van der Waals surface area contributed by atoms with Crippen LogP contribution in [0.1, 0.15) is 23.1 Å². The van der Waals surface area contributed by atoms with Crippen LogP contribution in [0, 0.1) is 0 Å². The van der Waals surface area contributed by atoms with E-state index in [0.29, 0.717) is 42.4 Å². The first-order chi connectivity index (χ1) is 19.3. The molecule has 2 aromatic heterocycles. The third-order valence-corrected chi connectivity index (χ3v) is 7.42. The van der Waals surface area contributed by atoms with Gasteiger partial charge in [0.2, 0.25) is 11.2 Å². The topological polar surface area (TPSA) is 118 Å². The number of benzodiazepines with no additional fused rings is 1. The van der Waals surface area contributed by atoms with Crippen LogP contribution in [-0.2, 0) is 15.7 Å². The number of nitrogens with one attached hydrogen (secondary N) is 2. The zero-order valence-electron chi connectivity index (χ0n) is 21.0. The van der Waals surface area contributed by atoms with Crippen LogP contribution in [0.4, 0.5) is 29.9 Å².